The molecule has 0 aromatic carbocycles. The Morgan fingerprint density at radius 1 is 1.04 bits per heavy atom. The summed E-state index contributed by atoms with van der Waals surface area (Å²) in [6.45, 7) is 13.5. The summed E-state index contributed by atoms with van der Waals surface area (Å²) in [5, 5.41) is 8.99. The smallest absolute Gasteiger partial charge is 0.410 e. The molecule has 0 saturated carbocycles. The molecule has 2 rings (SSSR count). The van der Waals surface area contributed by atoms with Gasteiger partial charge in [-0.15, -0.1) is 0 Å². The average Bonchev–Trinajstić information content (AvgIpc) is 2.48. The summed E-state index contributed by atoms with van der Waals surface area (Å²) >= 11 is 0. The van der Waals surface area contributed by atoms with Gasteiger partial charge in [0.05, 0.1) is 6.61 Å². The number of ether oxygens (including phenoxy) is 1. The van der Waals surface area contributed by atoms with Gasteiger partial charge in [-0.05, 0) is 52.6 Å². The third-order valence-corrected chi connectivity index (χ3v) is 4.66. The molecule has 0 radical (unpaired) electrons. The van der Waals surface area contributed by atoms with Gasteiger partial charge in [0.15, 0.2) is 0 Å². The Kier molecular flexibility index (Phi) is 6.68. The quantitative estimate of drug-likeness (QED) is 0.842. The van der Waals surface area contributed by atoms with Gasteiger partial charge in [-0.25, -0.2) is 4.79 Å². The molecule has 0 spiro atoms. The Balaban J connectivity index is 1.66. The molecule has 1 amide bonds. The van der Waals surface area contributed by atoms with E-state index in [0.717, 1.165) is 58.3 Å². The summed E-state index contributed by atoms with van der Waals surface area (Å²) in [5.74, 6) is 0.748. The van der Waals surface area contributed by atoms with Crippen molar-refractivity contribution in [1.82, 2.24) is 14.7 Å². The van der Waals surface area contributed by atoms with Crippen LogP contribution in [0.25, 0.3) is 0 Å². The van der Waals surface area contributed by atoms with Crippen LogP contribution in [0.2, 0.25) is 0 Å². The first-order chi connectivity index (χ1) is 10.9. The van der Waals surface area contributed by atoms with E-state index in [1.165, 1.54) is 12.8 Å². The lowest BCUT2D eigenvalue weighted by atomic mass is 9.96. The Morgan fingerprint density at radius 2 is 1.65 bits per heavy atom. The maximum Gasteiger partial charge on any atom is 0.410 e. The number of nitrogens with zero attached hydrogens (tertiary/aromatic N) is 3. The van der Waals surface area contributed by atoms with Gasteiger partial charge in [0.25, 0.3) is 0 Å². The second-order valence-corrected chi connectivity index (χ2v) is 7.78. The minimum absolute atomic E-state index is 0.186. The summed E-state index contributed by atoms with van der Waals surface area (Å²) in [5.41, 5.74) is -0.420. The average molecular weight is 327 g/mol. The standard InChI is InChI=1S/C17H33N3O3/c1-17(2,3)23-16(22)20-10-8-19(9-11-20)14-15-4-6-18(7-5-15)12-13-21/h15,21H,4-14H2,1-3H3. The first-order valence-electron chi connectivity index (χ1n) is 8.91. The molecule has 0 unspecified atom stereocenters. The predicted molar refractivity (Wildman–Crippen MR) is 90.5 cm³/mol. The zero-order chi connectivity index (χ0) is 16.9. The number of hydrogen-bond acceptors (Lipinski definition) is 5. The number of piperazine rings is 1. The van der Waals surface area contributed by atoms with Gasteiger partial charge in [-0.2, -0.15) is 0 Å². The van der Waals surface area contributed by atoms with E-state index in [4.69, 9.17) is 9.84 Å². The van der Waals surface area contributed by atoms with Gasteiger partial charge < -0.3 is 19.6 Å². The van der Waals surface area contributed by atoms with Crippen molar-refractivity contribution >= 4 is 6.09 Å². The lowest BCUT2D eigenvalue weighted by molar-refractivity contribution is 0.0121. The molecule has 2 heterocycles. The van der Waals surface area contributed by atoms with Crippen LogP contribution >= 0.6 is 0 Å². The number of carbonyl (C=O) groups excluding carboxylic acids is 1. The molecule has 0 aromatic rings. The van der Waals surface area contributed by atoms with E-state index >= 15 is 0 Å². The number of aliphatic hydroxyl groups excluding tert-OH is 1. The monoisotopic (exact) mass is 327 g/mol. The lowest BCUT2D eigenvalue weighted by Crippen LogP contribution is -2.51. The fraction of sp³-hybridized carbons (Fsp3) is 0.941. The van der Waals surface area contributed by atoms with Crippen LogP contribution in [-0.4, -0.2) is 90.5 Å². The molecule has 0 bridgehead atoms. The SMILES string of the molecule is CC(C)(C)OC(=O)N1CCN(CC2CCN(CCO)CC2)CC1. The summed E-state index contributed by atoms with van der Waals surface area (Å²) in [7, 11) is 0. The van der Waals surface area contributed by atoms with E-state index < -0.39 is 5.60 Å². The number of aliphatic hydroxyl groups is 1. The topological polar surface area (TPSA) is 56.2 Å². The van der Waals surface area contributed by atoms with Gasteiger partial charge in [-0.1, -0.05) is 0 Å². The molecular weight excluding hydrogens is 294 g/mol. The van der Waals surface area contributed by atoms with Gasteiger partial charge in [0.1, 0.15) is 5.60 Å². The fourth-order valence-electron chi connectivity index (χ4n) is 3.34. The molecular formula is C17H33N3O3. The zero-order valence-corrected chi connectivity index (χ0v) is 15.0. The first-order valence-corrected chi connectivity index (χ1v) is 8.91. The summed E-state index contributed by atoms with van der Waals surface area (Å²) < 4.78 is 5.44. The third kappa shape index (κ3) is 6.28. The van der Waals surface area contributed by atoms with Crippen LogP contribution in [0.5, 0.6) is 0 Å². The Labute approximate surface area is 140 Å². The highest BCUT2D eigenvalue weighted by Crippen LogP contribution is 2.19. The fourth-order valence-corrected chi connectivity index (χ4v) is 3.34. The van der Waals surface area contributed by atoms with Crippen molar-refractivity contribution in [2.24, 2.45) is 5.92 Å². The van der Waals surface area contributed by atoms with Gasteiger partial charge >= 0.3 is 6.09 Å². The molecule has 0 aliphatic carbocycles. The minimum Gasteiger partial charge on any atom is -0.444 e. The molecule has 2 saturated heterocycles. The zero-order valence-electron chi connectivity index (χ0n) is 15.0. The van der Waals surface area contributed by atoms with Crippen LogP contribution in [0.1, 0.15) is 33.6 Å². The van der Waals surface area contributed by atoms with Crippen molar-refractivity contribution in [1.29, 1.82) is 0 Å². The van der Waals surface area contributed by atoms with Gasteiger partial charge in [0.2, 0.25) is 0 Å². The van der Waals surface area contributed by atoms with E-state index in [1.807, 2.05) is 25.7 Å². The summed E-state index contributed by atoms with van der Waals surface area (Å²) in [4.78, 5) is 18.7. The number of hydrogen-bond donors (Lipinski definition) is 1. The second-order valence-electron chi connectivity index (χ2n) is 7.78. The molecule has 0 atom stereocenters. The Bertz CT molecular complexity index is 368. The van der Waals surface area contributed by atoms with Crippen LogP contribution in [0.3, 0.4) is 0 Å². The largest absolute Gasteiger partial charge is 0.444 e. The van der Waals surface area contributed by atoms with E-state index in [1.54, 1.807) is 0 Å². The molecule has 2 aliphatic rings. The van der Waals surface area contributed by atoms with E-state index in [0.29, 0.717) is 0 Å². The summed E-state index contributed by atoms with van der Waals surface area (Å²) in [6, 6.07) is 0. The van der Waals surface area contributed by atoms with E-state index in [-0.39, 0.29) is 12.7 Å². The number of piperidine rings is 1. The van der Waals surface area contributed by atoms with E-state index in [9.17, 15) is 4.79 Å². The van der Waals surface area contributed by atoms with Gasteiger partial charge in [0, 0.05) is 39.3 Å². The highest BCUT2D eigenvalue weighted by Gasteiger charge is 2.27. The first kappa shape index (κ1) is 18.5. The van der Waals surface area contributed by atoms with Crippen LogP contribution in [0, 0.1) is 5.92 Å². The normalized spacial score (nSPS) is 22.3. The van der Waals surface area contributed by atoms with Crippen LogP contribution in [-0.2, 0) is 4.74 Å². The number of rotatable bonds is 4. The van der Waals surface area contributed by atoms with Gasteiger partial charge in [-0.3, -0.25) is 4.90 Å². The molecule has 2 fully saturated rings. The van der Waals surface area contributed by atoms with Crippen molar-refractivity contribution in [3.05, 3.63) is 0 Å². The molecule has 134 valence electrons. The Morgan fingerprint density at radius 3 is 2.17 bits per heavy atom. The van der Waals surface area contributed by atoms with Crippen molar-refractivity contribution in [3.63, 3.8) is 0 Å². The lowest BCUT2D eigenvalue weighted by Gasteiger charge is -2.39. The number of carbonyl (C=O) groups is 1. The maximum atomic E-state index is 12.1. The van der Waals surface area contributed by atoms with Crippen LogP contribution in [0.4, 0.5) is 4.79 Å². The van der Waals surface area contributed by atoms with Crippen molar-refractivity contribution < 1.29 is 14.6 Å². The summed E-state index contributed by atoms with van der Waals surface area (Å²) in [6.07, 6.45) is 2.24. The number of β-amino-alcohol motifs (C(OH)–C–C–N with tert-alkyl or cyclic N) is 1. The number of likely N-dealkylation sites (tertiary alicyclic amines) is 1. The minimum atomic E-state index is -0.420. The second kappa shape index (κ2) is 8.31. The molecule has 6 heteroatoms. The predicted octanol–water partition coefficient (Wildman–Crippen LogP) is 1.24. The van der Waals surface area contributed by atoms with Crippen molar-refractivity contribution in [3.8, 4) is 0 Å². The molecule has 1 N–H and O–H groups in total. The molecule has 2 aliphatic heterocycles. The Hall–Kier alpha value is -0.850. The molecule has 23 heavy (non-hydrogen) atoms. The van der Waals surface area contributed by atoms with Crippen molar-refractivity contribution in [2.45, 2.75) is 39.2 Å². The van der Waals surface area contributed by atoms with Crippen LogP contribution < -0.4 is 0 Å². The highest BCUT2D eigenvalue weighted by molar-refractivity contribution is 5.68. The molecule has 6 nitrogen and oxygen atoms in total. The third-order valence-electron chi connectivity index (χ3n) is 4.66. The van der Waals surface area contributed by atoms with E-state index in [2.05, 4.69) is 9.80 Å². The van der Waals surface area contributed by atoms with Crippen LogP contribution in [0.15, 0.2) is 0 Å². The van der Waals surface area contributed by atoms with Crippen molar-refractivity contribution in [2.75, 3.05) is 59.0 Å². The number of amides is 1. The highest BCUT2D eigenvalue weighted by atomic mass is 16.6. The molecule has 0 aromatic heterocycles. The maximum absolute atomic E-state index is 12.1.